The van der Waals surface area contributed by atoms with Crippen molar-refractivity contribution < 1.29 is 13.2 Å². The molecule has 2 N–H and O–H groups in total. The third-order valence-electron chi connectivity index (χ3n) is 3.68. The van der Waals surface area contributed by atoms with E-state index in [1.54, 1.807) is 53.5 Å². The van der Waals surface area contributed by atoms with Gasteiger partial charge in [0.05, 0.1) is 6.42 Å². The lowest BCUT2D eigenvalue weighted by molar-refractivity contribution is -0.115. The molecule has 3 rings (SSSR count). The van der Waals surface area contributed by atoms with Crippen molar-refractivity contribution in [2.45, 2.75) is 15.5 Å². The predicted molar refractivity (Wildman–Crippen MR) is 112 cm³/mol. The number of hydrogen-bond acceptors (Lipinski definition) is 5. The lowest BCUT2D eigenvalue weighted by atomic mass is 10.1. The number of carbonyl (C=O) groups excluding carboxylic acids is 1. The minimum atomic E-state index is -3.57. The summed E-state index contributed by atoms with van der Waals surface area (Å²) in [6.07, 6.45) is 2.19. The molecule has 1 heterocycles. The highest BCUT2D eigenvalue weighted by Crippen LogP contribution is 2.21. The molecule has 0 fully saturated rings. The fourth-order valence-electron chi connectivity index (χ4n) is 2.40. The van der Waals surface area contributed by atoms with E-state index < -0.39 is 10.0 Å². The summed E-state index contributed by atoms with van der Waals surface area (Å²) in [6, 6.07) is 17.7. The van der Waals surface area contributed by atoms with Gasteiger partial charge in [-0.1, -0.05) is 24.3 Å². The highest BCUT2D eigenvalue weighted by Gasteiger charge is 2.15. The molecular formula is C19H18N2O3S3. The monoisotopic (exact) mass is 418 g/mol. The predicted octanol–water partition coefficient (Wildman–Crippen LogP) is 4.45. The Kier molecular flexibility index (Phi) is 6.20. The van der Waals surface area contributed by atoms with E-state index in [4.69, 9.17) is 0 Å². The fourth-order valence-corrected chi connectivity index (χ4v) is 4.91. The molecule has 0 atom stereocenters. The Labute approximate surface area is 166 Å². The van der Waals surface area contributed by atoms with E-state index in [2.05, 4.69) is 10.0 Å². The average molecular weight is 419 g/mol. The van der Waals surface area contributed by atoms with Crippen molar-refractivity contribution in [3.8, 4) is 0 Å². The fraction of sp³-hybridized carbons (Fsp3) is 0.105. The Morgan fingerprint density at radius 2 is 1.81 bits per heavy atom. The highest BCUT2D eigenvalue weighted by atomic mass is 32.2. The Balaban J connectivity index is 1.61. The summed E-state index contributed by atoms with van der Waals surface area (Å²) < 4.78 is 27.2. The lowest BCUT2D eigenvalue weighted by Gasteiger charge is -2.09. The number of thioether (sulfide) groups is 1. The van der Waals surface area contributed by atoms with Crippen LogP contribution in [0.25, 0.3) is 0 Å². The van der Waals surface area contributed by atoms with E-state index in [1.807, 2.05) is 30.5 Å². The van der Waals surface area contributed by atoms with Gasteiger partial charge in [0.25, 0.3) is 10.0 Å². The highest BCUT2D eigenvalue weighted by molar-refractivity contribution is 7.98. The molecule has 0 saturated carbocycles. The molecule has 8 heteroatoms. The largest absolute Gasteiger partial charge is 0.326 e. The van der Waals surface area contributed by atoms with Gasteiger partial charge in [0.2, 0.25) is 5.91 Å². The smallest absolute Gasteiger partial charge is 0.271 e. The maximum Gasteiger partial charge on any atom is 0.271 e. The van der Waals surface area contributed by atoms with E-state index in [0.29, 0.717) is 5.69 Å². The SMILES string of the molecule is CSc1cccc(NC(=O)Cc2ccc(NS(=O)(=O)c3cccs3)cc2)c1. The molecule has 2 aromatic carbocycles. The van der Waals surface area contributed by atoms with E-state index in [0.717, 1.165) is 27.5 Å². The first-order valence-corrected chi connectivity index (χ1v) is 11.6. The number of nitrogens with one attached hydrogen (secondary N) is 2. The molecule has 0 unspecified atom stereocenters. The molecule has 0 aliphatic rings. The first-order valence-electron chi connectivity index (χ1n) is 8.05. The van der Waals surface area contributed by atoms with Crippen LogP contribution in [-0.4, -0.2) is 20.6 Å². The maximum atomic E-state index is 12.2. The van der Waals surface area contributed by atoms with E-state index in [-0.39, 0.29) is 16.5 Å². The third-order valence-corrected chi connectivity index (χ3v) is 7.19. The number of sulfonamides is 1. The van der Waals surface area contributed by atoms with Gasteiger partial charge < -0.3 is 5.32 Å². The molecule has 0 aliphatic carbocycles. The van der Waals surface area contributed by atoms with Gasteiger partial charge in [-0.15, -0.1) is 23.1 Å². The second-order valence-electron chi connectivity index (χ2n) is 5.69. The first kappa shape index (κ1) is 19.5. The van der Waals surface area contributed by atoms with Crippen LogP contribution in [0.4, 0.5) is 11.4 Å². The molecule has 0 spiro atoms. The Bertz CT molecular complexity index is 1010. The van der Waals surface area contributed by atoms with Crippen LogP contribution >= 0.6 is 23.1 Å². The standard InChI is InChI=1S/C19H18N2O3S3/c1-25-17-5-2-4-16(13-17)20-18(22)12-14-7-9-15(10-8-14)21-27(23,24)19-6-3-11-26-19/h2-11,13,21H,12H2,1H3,(H,20,22). The van der Waals surface area contributed by atoms with Crippen LogP contribution in [0.5, 0.6) is 0 Å². The Hall–Kier alpha value is -2.29. The van der Waals surface area contributed by atoms with Crippen LogP contribution in [-0.2, 0) is 21.2 Å². The molecule has 3 aromatic rings. The van der Waals surface area contributed by atoms with Crippen LogP contribution < -0.4 is 10.0 Å². The second kappa shape index (κ2) is 8.60. The molecule has 5 nitrogen and oxygen atoms in total. The number of thiophene rings is 1. The summed E-state index contributed by atoms with van der Waals surface area (Å²) in [4.78, 5) is 13.3. The number of hydrogen-bond donors (Lipinski definition) is 2. The minimum Gasteiger partial charge on any atom is -0.326 e. The average Bonchev–Trinajstić information content (AvgIpc) is 3.19. The number of rotatable bonds is 7. The summed E-state index contributed by atoms with van der Waals surface area (Å²) >= 11 is 2.77. The van der Waals surface area contributed by atoms with Crippen LogP contribution in [0, 0.1) is 0 Å². The van der Waals surface area contributed by atoms with Crippen molar-refractivity contribution in [2.75, 3.05) is 16.3 Å². The van der Waals surface area contributed by atoms with Gasteiger partial charge in [-0.2, -0.15) is 0 Å². The normalized spacial score (nSPS) is 11.1. The topological polar surface area (TPSA) is 75.3 Å². The number of anilines is 2. The van der Waals surface area contributed by atoms with Gasteiger partial charge in [0.15, 0.2) is 0 Å². The first-order chi connectivity index (χ1) is 13.0. The van der Waals surface area contributed by atoms with Crippen LogP contribution in [0.15, 0.2) is 75.1 Å². The Morgan fingerprint density at radius 1 is 1.04 bits per heavy atom. The lowest BCUT2D eigenvalue weighted by Crippen LogP contribution is -2.14. The molecule has 1 amide bonds. The summed E-state index contributed by atoms with van der Waals surface area (Å²) in [5.41, 5.74) is 2.01. The summed E-state index contributed by atoms with van der Waals surface area (Å²) in [5.74, 6) is -0.125. The van der Waals surface area contributed by atoms with Crippen molar-refractivity contribution in [2.24, 2.45) is 0 Å². The van der Waals surface area contributed by atoms with Crippen molar-refractivity contribution in [3.05, 3.63) is 71.6 Å². The van der Waals surface area contributed by atoms with Crippen LogP contribution in [0.3, 0.4) is 0 Å². The number of benzene rings is 2. The molecule has 1 aromatic heterocycles. The zero-order valence-electron chi connectivity index (χ0n) is 14.5. The molecule has 140 valence electrons. The van der Waals surface area contributed by atoms with Crippen molar-refractivity contribution in [1.82, 2.24) is 0 Å². The molecule has 27 heavy (non-hydrogen) atoms. The number of carbonyl (C=O) groups is 1. The van der Waals surface area contributed by atoms with Gasteiger partial charge in [-0.25, -0.2) is 8.42 Å². The maximum absolute atomic E-state index is 12.2. The minimum absolute atomic E-state index is 0.125. The van der Waals surface area contributed by atoms with Crippen LogP contribution in [0.1, 0.15) is 5.56 Å². The third kappa shape index (κ3) is 5.35. The molecular weight excluding hydrogens is 400 g/mol. The van der Waals surface area contributed by atoms with Gasteiger partial charge >= 0.3 is 0 Å². The van der Waals surface area contributed by atoms with Crippen molar-refractivity contribution in [1.29, 1.82) is 0 Å². The number of amides is 1. The zero-order valence-corrected chi connectivity index (χ0v) is 17.0. The Morgan fingerprint density at radius 3 is 2.48 bits per heavy atom. The van der Waals surface area contributed by atoms with Gasteiger partial charge in [-0.05, 0) is 53.6 Å². The van der Waals surface area contributed by atoms with Crippen molar-refractivity contribution >= 4 is 50.4 Å². The van der Waals surface area contributed by atoms with E-state index >= 15 is 0 Å². The van der Waals surface area contributed by atoms with Gasteiger partial charge in [0.1, 0.15) is 4.21 Å². The molecule has 0 bridgehead atoms. The zero-order chi connectivity index (χ0) is 19.3. The molecule has 0 radical (unpaired) electrons. The van der Waals surface area contributed by atoms with E-state index in [9.17, 15) is 13.2 Å². The van der Waals surface area contributed by atoms with Crippen molar-refractivity contribution in [3.63, 3.8) is 0 Å². The van der Waals surface area contributed by atoms with Gasteiger partial charge in [-0.3, -0.25) is 9.52 Å². The van der Waals surface area contributed by atoms with Gasteiger partial charge in [0, 0.05) is 16.3 Å². The molecule has 0 aliphatic heterocycles. The van der Waals surface area contributed by atoms with E-state index in [1.165, 1.54) is 0 Å². The molecule has 0 saturated heterocycles. The summed E-state index contributed by atoms with van der Waals surface area (Å²) in [7, 11) is -3.57. The summed E-state index contributed by atoms with van der Waals surface area (Å²) in [6.45, 7) is 0. The van der Waals surface area contributed by atoms with Crippen LogP contribution in [0.2, 0.25) is 0 Å². The quantitative estimate of drug-likeness (QED) is 0.556. The second-order valence-corrected chi connectivity index (χ2v) is 9.43. The summed E-state index contributed by atoms with van der Waals surface area (Å²) in [5, 5.41) is 4.59.